The van der Waals surface area contributed by atoms with Gasteiger partial charge in [-0.05, 0) is 30.3 Å². The zero-order valence-electron chi connectivity index (χ0n) is 15.0. The van der Waals surface area contributed by atoms with Crippen molar-refractivity contribution in [1.29, 1.82) is 0 Å². The fourth-order valence-corrected chi connectivity index (χ4v) is 3.37. The summed E-state index contributed by atoms with van der Waals surface area (Å²) < 4.78 is 13.2. The van der Waals surface area contributed by atoms with E-state index in [4.69, 9.17) is 0 Å². The van der Waals surface area contributed by atoms with Crippen molar-refractivity contribution in [1.82, 2.24) is 19.8 Å². The van der Waals surface area contributed by atoms with Crippen molar-refractivity contribution >= 4 is 22.6 Å². The highest BCUT2D eigenvalue weighted by Crippen LogP contribution is 2.13. The monoisotopic (exact) mass is 367 g/mol. The molecule has 6 nitrogen and oxygen atoms in total. The number of H-pyrrole nitrogens is 1. The number of carbonyl (C=O) groups excluding carboxylic acids is 1. The van der Waals surface area contributed by atoms with Crippen LogP contribution in [0.1, 0.15) is 5.82 Å². The number of piperazine rings is 1. The molecular weight excluding hydrogens is 345 g/mol. The number of fused-ring (bicyclic) bond motifs is 1. The lowest BCUT2D eigenvalue weighted by Gasteiger charge is -2.33. The number of para-hydroxylation sites is 2. The van der Waals surface area contributed by atoms with Crippen LogP contribution in [0.2, 0.25) is 0 Å². The minimum absolute atomic E-state index is 0.119. The van der Waals surface area contributed by atoms with E-state index in [9.17, 15) is 9.18 Å². The van der Waals surface area contributed by atoms with Crippen molar-refractivity contribution in [2.45, 2.75) is 6.54 Å². The molecule has 0 atom stereocenters. The van der Waals surface area contributed by atoms with E-state index in [0.717, 1.165) is 49.6 Å². The number of rotatable bonds is 5. The topological polar surface area (TPSA) is 64.3 Å². The summed E-state index contributed by atoms with van der Waals surface area (Å²) in [7, 11) is 0. The van der Waals surface area contributed by atoms with Crippen LogP contribution in [0.25, 0.3) is 11.0 Å². The van der Waals surface area contributed by atoms with Crippen LogP contribution < -0.4 is 5.32 Å². The highest BCUT2D eigenvalue weighted by molar-refractivity contribution is 5.92. The van der Waals surface area contributed by atoms with Crippen molar-refractivity contribution in [2.75, 3.05) is 38.0 Å². The molecule has 0 unspecified atom stereocenters. The van der Waals surface area contributed by atoms with E-state index in [1.807, 2.05) is 24.3 Å². The number of halogens is 1. The van der Waals surface area contributed by atoms with Crippen molar-refractivity contribution < 1.29 is 9.18 Å². The van der Waals surface area contributed by atoms with Gasteiger partial charge in [0.15, 0.2) is 0 Å². The number of amides is 1. The average molecular weight is 367 g/mol. The Morgan fingerprint density at radius 1 is 1.07 bits per heavy atom. The van der Waals surface area contributed by atoms with Crippen LogP contribution in [-0.4, -0.2) is 58.4 Å². The zero-order valence-corrected chi connectivity index (χ0v) is 15.0. The lowest BCUT2D eigenvalue weighted by Crippen LogP contribution is -2.48. The number of hydrogen-bond acceptors (Lipinski definition) is 4. The predicted molar refractivity (Wildman–Crippen MR) is 103 cm³/mol. The molecule has 1 aliphatic heterocycles. The van der Waals surface area contributed by atoms with Crippen molar-refractivity contribution in [3.8, 4) is 0 Å². The third-order valence-corrected chi connectivity index (χ3v) is 4.75. The molecule has 0 bridgehead atoms. The Morgan fingerprint density at radius 3 is 2.63 bits per heavy atom. The Hall–Kier alpha value is -2.77. The number of nitrogens with zero attached hydrogens (tertiary/aromatic N) is 3. The molecule has 1 saturated heterocycles. The van der Waals surface area contributed by atoms with Gasteiger partial charge >= 0.3 is 0 Å². The second-order valence-electron chi connectivity index (χ2n) is 6.81. The minimum Gasteiger partial charge on any atom is -0.341 e. The van der Waals surface area contributed by atoms with Crippen LogP contribution in [0.4, 0.5) is 10.1 Å². The molecule has 2 N–H and O–H groups in total. The molecule has 2 aromatic carbocycles. The molecule has 0 saturated carbocycles. The number of carbonyl (C=O) groups is 1. The Bertz CT molecular complexity index is 900. The van der Waals surface area contributed by atoms with E-state index in [2.05, 4.69) is 25.1 Å². The second kappa shape index (κ2) is 7.85. The lowest BCUT2D eigenvalue weighted by molar-refractivity contribution is -0.117. The van der Waals surface area contributed by atoms with Gasteiger partial charge < -0.3 is 10.3 Å². The SMILES string of the molecule is O=C(CN1CCN(Cc2nc3ccccc3[nH]2)CC1)Nc1cccc(F)c1. The molecule has 2 heterocycles. The summed E-state index contributed by atoms with van der Waals surface area (Å²) in [4.78, 5) is 24.6. The summed E-state index contributed by atoms with van der Waals surface area (Å²) in [6.45, 7) is 4.48. The number of benzene rings is 2. The Balaban J connectivity index is 1.25. The maximum absolute atomic E-state index is 13.2. The third kappa shape index (κ3) is 4.50. The standard InChI is InChI=1S/C20H22FN5O/c21-15-4-3-5-16(12-15)22-20(27)14-26-10-8-25(9-11-26)13-19-23-17-6-1-2-7-18(17)24-19/h1-7,12H,8-11,13-14H2,(H,22,27)(H,23,24). The van der Waals surface area contributed by atoms with Gasteiger partial charge in [-0.1, -0.05) is 18.2 Å². The molecular formula is C20H22FN5O. The first-order valence-corrected chi connectivity index (χ1v) is 9.09. The second-order valence-corrected chi connectivity index (χ2v) is 6.81. The highest BCUT2D eigenvalue weighted by atomic mass is 19.1. The van der Waals surface area contributed by atoms with Crippen LogP contribution in [-0.2, 0) is 11.3 Å². The Morgan fingerprint density at radius 2 is 1.85 bits per heavy atom. The van der Waals surface area contributed by atoms with E-state index >= 15 is 0 Å². The van der Waals surface area contributed by atoms with Crippen LogP contribution >= 0.6 is 0 Å². The van der Waals surface area contributed by atoms with E-state index in [0.29, 0.717) is 12.2 Å². The molecule has 1 aliphatic rings. The highest BCUT2D eigenvalue weighted by Gasteiger charge is 2.20. The van der Waals surface area contributed by atoms with Crippen LogP contribution in [0.3, 0.4) is 0 Å². The van der Waals surface area contributed by atoms with Gasteiger partial charge in [0.2, 0.25) is 5.91 Å². The van der Waals surface area contributed by atoms with Crippen LogP contribution in [0.15, 0.2) is 48.5 Å². The van der Waals surface area contributed by atoms with Gasteiger partial charge in [-0.2, -0.15) is 0 Å². The summed E-state index contributed by atoms with van der Waals surface area (Å²) in [5.74, 6) is 0.492. The van der Waals surface area contributed by atoms with Gasteiger partial charge in [0.1, 0.15) is 11.6 Å². The number of aromatic amines is 1. The first-order valence-electron chi connectivity index (χ1n) is 9.09. The molecule has 3 aromatic rings. The van der Waals surface area contributed by atoms with E-state index in [-0.39, 0.29) is 11.7 Å². The third-order valence-electron chi connectivity index (χ3n) is 4.75. The summed E-state index contributed by atoms with van der Waals surface area (Å²) in [6, 6.07) is 14.0. The molecule has 140 valence electrons. The molecule has 27 heavy (non-hydrogen) atoms. The van der Waals surface area contributed by atoms with Gasteiger partial charge in [-0.3, -0.25) is 14.6 Å². The first-order chi connectivity index (χ1) is 13.2. The van der Waals surface area contributed by atoms with Gasteiger partial charge in [-0.15, -0.1) is 0 Å². The molecule has 0 radical (unpaired) electrons. The number of anilines is 1. The summed E-state index contributed by atoms with van der Waals surface area (Å²) in [5, 5.41) is 2.75. The van der Waals surface area contributed by atoms with Gasteiger partial charge in [-0.25, -0.2) is 9.37 Å². The van der Waals surface area contributed by atoms with E-state index < -0.39 is 0 Å². The van der Waals surface area contributed by atoms with Gasteiger partial charge in [0.05, 0.1) is 24.1 Å². The molecule has 0 aliphatic carbocycles. The Kier molecular flexibility index (Phi) is 5.13. The maximum Gasteiger partial charge on any atom is 0.238 e. The van der Waals surface area contributed by atoms with Crippen LogP contribution in [0, 0.1) is 5.82 Å². The molecule has 0 spiro atoms. The normalized spacial score (nSPS) is 15.9. The van der Waals surface area contributed by atoms with Gasteiger partial charge in [0.25, 0.3) is 0 Å². The fourth-order valence-electron chi connectivity index (χ4n) is 3.37. The molecule has 1 fully saturated rings. The Labute approximate surface area is 157 Å². The first kappa shape index (κ1) is 17.6. The summed E-state index contributed by atoms with van der Waals surface area (Å²) in [5.41, 5.74) is 2.53. The van der Waals surface area contributed by atoms with E-state index in [1.54, 1.807) is 12.1 Å². The number of imidazole rings is 1. The van der Waals surface area contributed by atoms with Crippen molar-refractivity contribution in [3.63, 3.8) is 0 Å². The van der Waals surface area contributed by atoms with Crippen molar-refractivity contribution in [3.05, 3.63) is 60.2 Å². The molecule has 7 heteroatoms. The molecule has 1 aromatic heterocycles. The zero-order chi connectivity index (χ0) is 18.6. The maximum atomic E-state index is 13.2. The van der Waals surface area contributed by atoms with Gasteiger partial charge in [0, 0.05) is 31.9 Å². The number of nitrogens with one attached hydrogen (secondary N) is 2. The number of aromatic nitrogens is 2. The quantitative estimate of drug-likeness (QED) is 0.727. The number of hydrogen-bond donors (Lipinski definition) is 2. The predicted octanol–water partition coefficient (Wildman–Crippen LogP) is 2.46. The van der Waals surface area contributed by atoms with Crippen molar-refractivity contribution in [2.24, 2.45) is 0 Å². The van der Waals surface area contributed by atoms with E-state index in [1.165, 1.54) is 12.1 Å². The largest absolute Gasteiger partial charge is 0.341 e. The summed E-state index contributed by atoms with van der Waals surface area (Å²) >= 11 is 0. The minimum atomic E-state index is -0.355. The average Bonchev–Trinajstić information content (AvgIpc) is 3.05. The molecule has 4 rings (SSSR count). The lowest BCUT2D eigenvalue weighted by atomic mass is 10.3. The fraction of sp³-hybridized carbons (Fsp3) is 0.300. The smallest absolute Gasteiger partial charge is 0.238 e. The summed E-state index contributed by atoms with van der Waals surface area (Å²) in [6.07, 6.45) is 0. The molecule has 1 amide bonds. The van der Waals surface area contributed by atoms with Crippen LogP contribution in [0.5, 0.6) is 0 Å².